The number of pyridine rings is 1. The third kappa shape index (κ3) is 7.14. The van der Waals surface area contributed by atoms with Gasteiger partial charge in [0.2, 0.25) is 0 Å². The zero-order chi connectivity index (χ0) is 29.6. The Morgan fingerprint density at radius 3 is 2.51 bits per heavy atom. The first kappa shape index (κ1) is 28.7. The van der Waals surface area contributed by atoms with E-state index in [1.165, 1.54) is 38.5 Å². The van der Waals surface area contributed by atoms with Crippen molar-refractivity contribution in [2.24, 2.45) is 7.05 Å². The van der Waals surface area contributed by atoms with Gasteiger partial charge >= 0.3 is 6.09 Å². The van der Waals surface area contributed by atoms with Gasteiger partial charge in [-0.3, -0.25) is 10.00 Å². The number of nitrogens with zero attached hydrogens (tertiary/aromatic N) is 5. The van der Waals surface area contributed by atoms with Gasteiger partial charge in [-0.2, -0.15) is 5.10 Å². The van der Waals surface area contributed by atoms with Gasteiger partial charge in [0.1, 0.15) is 12.1 Å². The lowest BCUT2D eigenvalue weighted by Crippen LogP contribution is -2.54. The van der Waals surface area contributed by atoms with Crippen molar-refractivity contribution in [1.82, 2.24) is 25.1 Å². The number of aromatic nitrogens is 4. The van der Waals surface area contributed by atoms with Crippen LogP contribution in [0.1, 0.15) is 38.5 Å². The molecule has 43 heavy (non-hydrogen) atoms. The molecule has 1 aliphatic carbocycles. The third-order valence-electron chi connectivity index (χ3n) is 8.45. The van der Waals surface area contributed by atoms with E-state index in [-0.39, 0.29) is 0 Å². The molecule has 3 atom stereocenters. The number of methoxy groups -OCH3 is 1. The molecule has 2 aromatic carbocycles. The van der Waals surface area contributed by atoms with E-state index >= 15 is 0 Å². The Bertz CT molecular complexity index is 1520. The molecule has 1 saturated heterocycles. The van der Waals surface area contributed by atoms with E-state index in [4.69, 9.17) is 4.74 Å². The van der Waals surface area contributed by atoms with E-state index in [0.29, 0.717) is 23.8 Å². The molecule has 0 radical (unpaired) electrons. The Kier molecular flexibility index (Phi) is 8.83. The van der Waals surface area contributed by atoms with Crippen molar-refractivity contribution in [3.63, 3.8) is 0 Å². The average Bonchev–Trinajstić information content (AvgIpc) is 3.48. The van der Waals surface area contributed by atoms with Crippen molar-refractivity contribution < 1.29 is 9.53 Å². The van der Waals surface area contributed by atoms with Crippen LogP contribution in [0.3, 0.4) is 0 Å². The van der Waals surface area contributed by atoms with Gasteiger partial charge in [-0.1, -0.05) is 25.0 Å². The highest BCUT2D eigenvalue weighted by molar-refractivity contribution is 5.86. The highest BCUT2D eigenvalue weighted by Crippen LogP contribution is 2.28. The Labute approximate surface area is 252 Å². The summed E-state index contributed by atoms with van der Waals surface area (Å²) in [7, 11) is 3.25. The van der Waals surface area contributed by atoms with Crippen LogP contribution >= 0.6 is 0 Å². The van der Waals surface area contributed by atoms with Crippen molar-refractivity contribution >= 4 is 23.3 Å². The van der Waals surface area contributed by atoms with Crippen LogP contribution in [0.15, 0.2) is 73.2 Å². The second-order valence-electron chi connectivity index (χ2n) is 11.5. The van der Waals surface area contributed by atoms with Crippen LogP contribution in [0.25, 0.3) is 22.5 Å². The van der Waals surface area contributed by atoms with Gasteiger partial charge in [0.05, 0.1) is 7.11 Å². The third-order valence-corrected chi connectivity index (χ3v) is 8.45. The highest BCUT2D eigenvalue weighted by Gasteiger charge is 2.29. The fourth-order valence-electron chi connectivity index (χ4n) is 6.27. The Balaban J connectivity index is 1.09. The summed E-state index contributed by atoms with van der Waals surface area (Å²) in [5, 5.41) is 15.0. The second kappa shape index (κ2) is 13.2. The molecule has 224 valence electrons. The minimum absolute atomic E-state index is 0.310. The number of amides is 1. The van der Waals surface area contributed by atoms with E-state index in [2.05, 4.69) is 66.2 Å². The summed E-state index contributed by atoms with van der Waals surface area (Å²) in [5.74, 6) is 1.63. The first-order chi connectivity index (χ1) is 21.0. The van der Waals surface area contributed by atoms with Gasteiger partial charge in [0.25, 0.3) is 0 Å². The number of piperidine rings is 1. The number of rotatable bonds is 8. The Hall–Kier alpha value is -4.44. The SMILES string of the molecule is COC(=O)Nc1cccc(-c2ccnc(N[C@@H]3CCCCC3N[C@H]3CCCN(c4ccc(-c5ncn(C)n5)cc4)C3)c2)c1. The number of carbonyl (C=O) groups is 1. The summed E-state index contributed by atoms with van der Waals surface area (Å²) in [5.41, 5.74) is 5.02. The molecule has 1 unspecified atom stereocenters. The number of aryl methyl sites for hydroxylation is 1. The van der Waals surface area contributed by atoms with Crippen LogP contribution in [0.2, 0.25) is 0 Å². The van der Waals surface area contributed by atoms with Gasteiger partial charge in [-0.25, -0.2) is 14.8 Å². The molecule has 10 nitrogen and oxygen atoms in total. The van der Waals surface area contributed by atoms with Crippen LogP contribution in [-0.2, 0) is 11.8 Å². The summed E-state index contributed by atoms with van der Waals surface area (Å²) in [6.07, 6.45) is 10.2. The molecule has 6 rings (SSSR count). The zero-order valence-corrected chi connectivity index (χ0v) is 24.9. The normalized spacial score (nSPS) is 20.4. The first-order valence-electron chi connectivity index (χ1n) is 15.2. The lowest BCUT2D eigenvalue weighted by atomic mass is 9.89. The molecule has 1 saturated carbocycles. The molecule has 10 heteroatoms. The predicted molar refractivity (Wildman–Crippen MR) is 170 cm³/mol. The van der Waals surface area contributed by atoms with Crippen LogP contribution < -0.4 is 20.9 Å². The van der Waals surface area contributed by atoms with E-state index in [0.717, 1.165) is 54.3 Å². The van der Waals surface area contributed by atoms with Crippen molar-refractivity contribution in [3.05, 3.63) is 73.2 Å². The summed E-state index contributed by atoms with van der Waals surface area (Å²) in [4.78, 5) is 23.2. The summed E-state index contributed by atoms with van der Waals surface area (Å²) >= 11 is 0. The predicted octanol–water partition coefficient (Wildman–Crippen LogP) is 5.70. The van der Waals surface area contributed by atoms with Gasteiger partial charge in [0, 0.05) is 61.4 Å². The molecule has 3 N–H and O–H groups in total. The quantitative estimate of drug-likeness (QED) is 0.243. The van der Waals surface area contributed by atoms with Gasteiger partial charge in [-0.15, -0.1) is 0 Å². The van der Waals surface area contributed by atoms with Gasteiger partial charge in [-0.05, 0) is 85.3 Å². The van der Waals surface area contributed by atoms with Crippen LogP contribution in [0, 0.1) is 0 Å². The van der Waals surface area contributed by atoms with E-state index < -0.39 is 6.09 Å². The molecule has 1 amide bonds. The fourth-order valence-corrected chi connectivity index (χ4v) is 6.27. The minimum Gasteiger partial charge on any atom is -0.453 e. The monoisotopic (exact) mass is 580 g/mol. The zero-order valence-electron chi connectivity index (χ0n) is 24.9. The minimum atomic E-state index is -0.484. The smallest absolute Gasteiger partial charge is 0.411 e. The number of carbonyl (C=O) groups excluding carboxylic acids is 1. The topological polar surface area (TPSA) is 109 Å². The number of anilines is 3. The summed E-state index contributed by atoms with van der Waals surface area (Å²) in [6.45, 7) is 2.06. The first-order valence-corrected chi connectivity index (χ1v) is 15.2. The molecule has 1 aliphatic heterocycles. The number of ether oxygens (including phenoxy) is 1. The lowest BCUT2D eigenvalue weighted by Gasteiger charge is -2.40. The Morgan fingerprint density at radius 2 is 1.72 bits per heavy atom. The van der Waals surface area contributed by atoms with Gasteiger partial charge < -0.3 is 20.3 Å². The molecular weight excluding hydrogens is 540 g/mol. The maximum Gasteiger partial charge on any atom is 0.411 e. The number of hydrogen-bond acceptors (Lipinski definition) is 8. The fraction of sp³-hybridized carbons (Fsp3) is 0.394. The molecule has 2 aromatic heterocycles. The molecule has 4 aromatic rings. The highest BCUT2D eigenvalue weighted by atomic mass is 16.5. The lowest BCUT2D eigenvalue weighted by molar-refractivity contribution is 0.187. The maximum atomic E-state index is 11.7. The largest absolute Gasteiger partial charge is 0.453 e. The second-order valence-corrected chi connectivity index (χ2v) is 11.5. The van der Waals surface area contributed by atoms with E-state index in [1.807, 2.05) is 43.6 Å². The van der Waals surface area contributed by atoms with Crippen molar-refractivity contribution in [1.29, 1.82) is 0 Å². The van der Waals surface area contributed by atoms with Gasteiger partial charge in [0.15, 0.2) is 5.82 Å². The van der Waals surface area contributed by atoms with Crippen molar-refractivity contribution in [2.45, 2.75) is 56.7 Å². The van der Waals surface area contributed by atoms with Crippen LogP contribution in [-0.4, -0.2) is 64.2 Å². The van der Waals surface area contributed by atoms with E-state index in [1.54, 1.807) is 11.0 Å². The molecular formula is C33H40N8O2. The summed E-state index contributed by atoms with van der Waals surface area (Å²) < 4.78 is 6.46. The standard InChI is InChI=1S/C33H40N8O2/c1-40-22-35-32(39-40)23-12-14-28(15-13-23)41-18-6-9-27(21-41)36-29-10-3-4-11-30(29)38-31-20-25(16-17-34-31)24-7-5-8-26(19-24)37-33(42)43-2/h5,7-8,12-17,19-20,22,27,29-30,36H,3-4,6,9-11,18,21H2,1-2H3,(H,34,38)(H,37,42)/t27-,29?,30+/m0/s1. The molecule has 2 fully saturated rings. The Morgan fingerprint density at radius 1 is 0.907 bits per heavy atom. The maximum absolute atomic E-state index is 11.7. The number of benzene rings is 2. The molecule has 0 bridgehead atoms. The number of nitrogens with one attached hydrogen (secondary N) is 3. The molecule has 3 heterocycles. The van der Waals surface area contributed by atoms with Crippen molar-refractivity contribution in [3.8, 4) is 22.5 Å². The average molecular weight is 581 g/mol. The van der Waals surface area contributed by atoms with Crippen LogP contribution in [0.4, 0.5) is 22.0 Å². The molecule has 0 spiro atoms. The van der Waals surface area contributed by atoms with Crippen molar-refractivity contribution in [2.75, 3.05) is 35.7 Å². The van der Waals surface area contributed by atoms with E-state index in [9.17, 15) is 4.79 Å². The number of hydrogen-bond donors (Lipinski definition) is 3. The van der Waals surface area contributed by atoms with Crippen LogP contribution in [0.5, 0.6) is 0 Å². The summed E-state index contributed by atoms with van der Waals surface area (Å²) in [6, 6.07) is 21.6. The molecule has 2 aliphatic rings.